The fourth-order valence-electron chi connectivity index (χ4n) is 2.29. The van der Waals surface area contributed by atoms with Crippen LogP contribution >= 0.6 is 0 Å². The lowest BCUT2D eigenvalue weighted by Crippen LogP contribution is -2.44. The molecule has 0 saturated carbocycles. The molecule has 0 saturated heterocycles. The summed E-state index contributed by atoms with van der Waals surface area (Å²) in [5.74, 6) is 0. The quantitative estimate of drug-likeness (QED) is 0.566. The summed E-state index contributed by atoms with van der Waals surface area (Å²) in [5, 5.41) is 12.5. The molecule has 0 aliphatic carbocycles. The Kier molecular flexibility index (Phi) is 8.62. The first-order valence-electron chi connectivity index (χ1n) is 8.65. The van der Waals surface area contributed by atoms with Crippen LogP contribution in [0.4, 0.5) is 4.79 Å². The van der Waals surface area contributed by atoms with Crippen molar-refractivity contribution in [2.24, 2.45) is 5.73 Å². The zero-order valence-corrected chi connectivity index (χ0v) is 14.7. The highest BCUT2D eigenvalue weighted by Crippen LogP contribution is 2.03. The summed E-state index contributed by atoms with van der Waals surface area (Å²) < 4.78 is 10.6. The Balaban J connectivity index is 1.56. The predicted molar refractivity (Wildman–Crippen MR) is 99.3 cm³/mol. The number of aliphatic hydroxyl groups is 1. The molecule has 6 heteroatoms. The fraction of sp³-hybridized carbons (Fsp3) is 0.350. The van der Waals surface area contributed by atoms with Crippen molar-refractivity contribution in [3.05, 3.63) is 71.8 Å². The van der Waals surface area contributed by atoms with Gasteiger partial charge in [-0.15, -0.1) is 0 Å². The molecule has 1 amide bonds. The number of aliphatic hydroxyl groups excluding tert-OH is 1. The van der Waals surface area contributed by atoms with E-state index in [0.29, 0.717) is 19.6 Å². The molecule has 0 fully saturated rings. The highest BCUT2D eigenvalue weighted by Gasteiger charge is 2.16. The summed E-state index contributed by atoms with van der Waals surface area (Å²) in [4.78, 5) is 11.7. The average Bonchev–Trinajstić information content (AvgIpc) is 2.69. The van der Waals surface area contributed by atoms with Crippen LogP contribution in [0.25, 0.3) is 0 Å². The van der Waals surface area contributed by atoms with E-state index in [1.54, 1.807) is 0 Å². The number of benzene rings is 2. The van der Waals surface area contributed by atoms with Crippen molar-refractivity contribution in [1.82, 2.24) is 5.32 Å². The zero-order valence-electron chi connectivity index (χ0n) is 14.7. The third-order valence-corrected chi connectivity index (χ3v) is 3.87. The van der Waals surface area contributed by atoms with Gasteiger partial charge in [-0.3, -0.25) is 0 Å². The molecule has 0 radical (unpaired) electrons. The number of nitrogens with two attached hydrogens (primary N) is 1. The van der Waals surface area contributed by atoms with Crippen LogP contribution in [-0.4, -0.2) is 36.5 Å². The van der Waals surface area contributed by atoms with Crippen LogP contribution in [0.3, 0.4) is 0 Å². The van der Waals surface area contributed by atoms with Crippen molar-refractivity contribution >= 4 is 6.09 Å². The van der Waals surface area contributed by atoms with Crippen molar-refractivity contribution in [2.45, 2.75) is 31.8 Å². The number of hydrogen-bond donors (Lipinski definition) is 3. The second kappa shape index (κ2) is 11.3. The van der Waals surface area contributed by atoms with E-state index >= 15 is 0 Å². The van der Waals surface area contributed by atoms with Gasteiger partial charge in [-0.2, -0.15) is 0 Å². The molecular weight excluding hydrogens is 332 g/mol. The van der Waals surface area contributed by atoms with Gasteiger partial charge in [-0.05, 0) is 17.5 Å². The van der Waals surface area contributed by atoms with Gasteiger partial charge >= 0.3 is 6.09 Å². The molecule has 0 bridgehead atoms. The minimum atomic E-state index is -0.861. The molecule has 0 spiro atoms. The maximum Gasteiger partial charge on any atom is 0.407 e. The highest BCUT2D eigenvalue weighted by atomic mass is 16.5. The van der Waals surface area contributed by atoms with Crippen LogP contribution < -0.4 is 11.1 Å². The monoisotopic (exact) mass is 358 g/mol. The predicted octanol–water partition coefficient (Wildman–Crippen LogP) is 2.21. The van der Waals surface area contributed by atoms with Gasteiger partial charge in [0.25, 0.3) is 0 Å². The molecule has 0 heterocycles. The lowest BCUT2D eigenvalue weighted by molar-refractivity contribution is 0.0824. The van der Waals surface area contributed by atoms with Gasteiger partial charge in [0.1, 0.15) is 6.61 Å². The van der Waals surface area contributed by atoms with Crippen LogP contribution in [0.15, 0.2) is 60.7 Å². The third kappa shape index (κ3) is 7.65. The lowest BCUT2D eigenvalue weighted by atomic mass is 10.1. The van der Waals surface area contributed by atoms with E-state index in [4.69, 9.17) is 15.2 Å². The van der Waals surface area contributed by atoms with E-state index in [0.717, 1.165) is 11.1 Å². The van der Waals surface area contributed by atoms with E-state index in [2.05, 4.69) is 5.32 Å². The molecule has 2 rings (SSSR count). The Morgan fingerprint density at radius 2 is 1.58 bits per heavy atom. The van der Waals surface area contributed by atoms with Gasteiger partial charge in [0.05, 0.1) is 12.7 Å². The van der Waals surface area contributed by atoms with Crippen LogP contribution in [0.5, 0.6) is 0 Å². The Bertz CT molecular complexity index is 637. The minimum Gasteiger partial charge on any atom is -0.445 e. The summed E-state index contributed by atoms with van der Waals surface area (Å²) in [5.41, 5.74) is 7.91. The first-order chi connectivity index (χ1) is 12.6. The molecule has 0 aliphatic heterocycles. The van der Waals surface area contributed by atoms with Crippen molar-refractivity contribution in [3.63, 3.8) is 0 Å². The maximum absolute atomic E-state index is 11.7. The number of rotatable bonds is 10. The number of carbonyl (C=O) groups excluding carboxylic acids is 1. The molecule has 0 unspecified atom stereocenters. The second-order valence-corrected chi connectivity index (χ2v) is 6.00. The maximum atomic E-state index is 11.7. The van der Waals surface area contributed by atoms with E-state index < -0.39 is 18.2 Å². The molecule has 0 aromatic heterocycles. The Morgan fingerprint density at radius 1 is 1.00 bits per heavy atom. The molecule has 140 valence electrons. The van der Waals surface area contributed by atoms with Crippen molar-refractivity contribution in [1.29, 1.82) is 0 Å². The summed E-state index contributed by atoms with van der Waals surface area (Å²) in [6, 6.07) is 18.7. The zero-order chi connectivity index (χ0) is 18.6. The van der Waals surface area contributed by atoms with Gasteiger partial charge in [-0.1, -0.05) is 60.7 Å². The first-order valence-corrected chi connectivity index (χ1v) is 8.65. The van der Waals surface area contributed by atoms with Gasteiger partial charge in [-0.25, -0.2) is 4.79 Å². The lowest BCUT2D eigenvalue weighted by Gasteiger charge is -2.19. The minimum absolute atomic E-state index is 0.0352. The van der Waals surface area contributed by atoms with E-state index in [-0.39, 0.29) is 13.2 Å². The molecule has 0 aliphatic rings. The van der Waals surface area contributed by atoms with Crippen LogP contribution in [0, 0.1) is 0 Å². The first kappa shape index (κ1) is 19.9. The normalized spacial score (nSPS) is 13.0. The van der Waals surface area contributed by atoms with Crippen LogP contribution in [0.2, 0.25) is 0 Å². The Labute approximate surface area is 153 Å². The molecule has 2 atom stereocenters. The largest absolute Gasteiger partial charge is 0.445 e. The van der Waals surface area contributed by atoms with Gasteiger partial charge in [0.2, 0.25) is 0 Å². The number of alkyl carbamates (subject to hydrolysis) is 1. The molecule has 2 aromatic carbocycles. The Morgan fingerprint density at radius 3 is 2.19 bits per heavy atom. The van der Waals surface area contributed by atoms with Crippen LogP contribution in [-0.2, 0) is 22.7 Å². The van der Waals surface area contributed by atoms with Gasteiger partial charge in [0.15, 0.2) is 0 Å². The van der Waals surface area contributed by atoms with Crippen molar-refractivity contribution in [2.75, 3.05) is 13.2 Å². The fourth-order valence-corrected chi connectivity index (χ4v) is 2.29. The third-order valence-electron chi connectivity index (χ3n) is 3.87. The highest BCUT2D eigenvalue weighted by molar-refractivity contribution is 5.67. The van der Waals surface area contributed by atoms with E-state index in [9.17, 15) is 9.90 Å². The van der Waals surface area contributed by atoms with E-state index in [1.165, 1.54) is 0 Å². The number of amides is 1. The number of carbonyl (C=O) groups is 1. The SMILES string of the molecule is N[C@@H](CCOCc1ccccc1)[C@@H](O)CNC(=O)OCc1ccccc1. The smallest absolute Gasteiger partial charge is 0.407 e. The van der Waals surface area contributed by atoms with Crippen molar-refractivity contribution in [3.8, 4) is 0 Å². The average molecular weight is 358 g/mol. The molecule has 4 N–H and O–H groups in total. The van der Waals surface area contributed by atoms with Gasteiger partial charge < -0.3 is 25.6 Å². The molecule has 6 nitrogen and oxygen atoms in total. The summed E-state index contributed by atoms with van der Waals surface area (Å²) in [7, 11) is 0. The molecule has 26 heavy (non-hydrogen) atoms. The van der Waals surface area contributed by atoms with Crippen molar-refractivity contribution < 1.29 is 19.4 Å². The number of ether oxygens (including phenoxy) is 2. The number of nitrogens with one attached hydrogen (secondary N) is 1. The second-order valence-electron chi connectivity index (χ2n) is 6.00. The van der Waals surface area contributed by atoms with Gasteiger partial charge in [0, 0.05) is 19.2 Å². The van der Waals surface area contributed by atoms with E-state index in [1.807, 2.05) is 60.7 Å². The van der Waals surface area contributed by atoms with Crippen LogP contribution in [0.1, 0.15) is 17.5 Å². The number of hydrogen-bond acceptors (Lipinski definition) is 5. The molecule has 2 aromatic rings. The topological polar surface area (TPSA) is 93.8 Å². The Hall–Kier alpha value is -2.41. The standard InChI is InChI=1S/C20H26N2O4/c21-18(11-12-25-14-16-7-3-1-4-8-16)19(23)13-22-20(24)26-15-17-9-5-2-6-10-17/h1-10,18-19,23H,11-15,21H2,(H,22,24)/t18-,19-/m0/s1. The summed E-state index contributed by atoms with van der Waals surface area (Å²) in [6.07, 6.45) is -0.950. The summed E-state index contributed by atoms with van der Waals surface area (Å²) >= 11 is 0. The molecular formula is C20H26N2O4. The summed E-state index contributed by atoms with van der Waals surface area (Å²) in [6.45, 7) is 1.16.